The molecule has 2 aromatic carbocycles. The van der Waals surface area contributed by atoms with Gasteiger partial charge in [0.25, 0.3) is 5.91 Å². The molecule has 0 bridgehead atoms. The minimum atomic E-state index is -2.09. The summed E-state index contributed by atoms with van der Waals surface area (Å²) in [6, 6.07) is 18.7. The molecule has 1 aliphatic heterocycles. The number of piperidine rings is 1. The fourth-order valence-corrected chi connectivity index (χ4v) is 4.36. The standard InChI is InChI=1S/C25H24FNO3/c26-25(13-11-20(12-14-25)19-7-3-1-4-8-19)22(28)27-17-15-24(16-18-27,23(29)30)21-9-5-2-6-10-21/h1-13H,14-18H2,(H,29,30). The van der Waals surface area contributed by atoms with Crippen LogP contribution in [0.5, 0.6) is 0 Å². The van der Waals surface area contributed by atoms with E-state index in [1.807, 2.05) is 60.7 Å². The third kappa shape index (κ3) is 3.56. The lowest BCUT2D eigenvalue weighted by Gasteiger charge is -2.41. The summed E-state index contributed by atoms with van der Waals surface area (Å²) in [7, 11) is 0. The van der Waals surface area contributed by atoms with Crippen LogP contribution in [0.1, 0.15) is 30.4 Å². The fourth-order valence-electron chi connectivity index (χ4n) is 4.36. The average Bonchev–Trinajstić information content (AvgIpc) is 2.80. The molecule has 1 atom stereocenters. The molecule has 1 N–H and O–H groups in total. The average molecular weight is 405 g/mol. The topological polar surface area (TPSA) is 57.6 Å². The molecule has 0 saturated carbocycles. The zero-order valence-electron chi connectivity index (χ0n) is 16.6. The van der Waals surface area contributed by atoms with Crippen molar-refractivity contribution in [1.82, 2.24) is 4.90 Å². The SMILES string of the molecule is O=C(N1CCC(C(=O)O)(c2ccccc2)CC1)C1(F)C=CC(c2ccccc2)=CC1. The van der Waals surface area contributed by atoms with Crippen molar-refractivity contribution in [3.8, 4) is 0 Å². The predicted octanol–water partition coefficient (Wildman–Crippen LogP) is 4.38. The summed E-state index contributed by atoms with van der Waals surface area (Å²) in [5, 5.41) is 9.91. The zero-order chi connectivity index (χ0) is 21.2. The van der Waals surface area contributed by atoms with Gasteiger partial charge >= 0.3 is 5.97 Å². The van der Waals surface area contributed by atoms with Gasteiger partial charge in [-0.1, -0.05) is 72.8 Å². The van der Waals surface area contributed by atoms with E-state index in [1.165, 1.54) is 11.0 Å². The highest BCUT2D eigenvalue weighted by Gasteiger charge is 2.47. The van der Waals surface area contributed by atoms with Crippen molar-refractivity contribution >= 4 is 17.4 Å². The highest BCUT2D eigenvalue weighted by molar-refractivity contribution is 5.91. The molecule has 1 unspecified atom stereocenters. The first-order valence-electron chi connectivity index (χ1n) is 10.2. The van der Waals surface area contributed by atoms with Gasteiger partial charge in [-0.3, -0.25) is 9.59 Å². The molecule has 30 heavy (non-hydrogen) atoms. The first-order chi connectivity index (χ1) is 14.4. The molecule has 1 heterocycles. The normalized spacial score (nSPS) is 23.0. The number of halogens is 1. The molecule has 1 aliphatic carbocycles. The highest BCUT2D eigenvalue weighted by atomic mass is 19.1. The Hall–Kier alpha value is -3.21. The maximum absolute atomic E-state index is 15.5. The molecule has 0 aromatic heterocycles. The maximum Gasteiger partial charge on any atom is 0.314 e. The Morgan fingerprint density at radius 1 is 0.933 bits per heavy atom. The largest absolute Gasteiger partial charge is 0.481 e. The molecular formula is C25H24FNO3. The minimum Gasteiger partial charge on any atom is -0.481 e. The van der Waals surface area contributed by atoms with E-state index in [-0.39, 0.29) is 32.4 Å². The van der Waals surface area contributed by atoms with Crippen LogP contribution in [-0.2, 0) is 15.0 Å². The number of carbonyl (C=O) groups excluding carboxylic acids is 1. The van der Waals surface area contributed by atoms with Crippen molar-refractivity contribution in [3.05, 3.63) is 90.0 Å². The van der Waals surface area contributed by atoms with Gasteiger partial charge < -0.3 is 10.0 Å². The number of carbonyl (C=O) groups is 2. The van der Waals surface area contributed by atoms with Crippen LogP contribution >= 0.6 is 0 Å². The van der Waals surface area contributed by atoms with E-state index < -0.39 is 23.0 Å². The summed E-state index contributed by atoms with van der Waals surface area (Å²) in [6.45, 7) is 0.434. The number of allylic oxidation sites excluding steroid dienone is 3. The van der Waals surface area contributed by atoms with Crippen molar-refractivity contribution in [2.45, 2.75) is 30.3 Å². The number of likely N-dealkylation sites (tertiary alicyclic amines) is 1. The van der Waals surface area contributed by atoms with Crippen LogP contribution in [0, 0.1) is 0 Å². The van der Waals surface area contributed by atoms with Crippen LogP contribution in [0.25, 0.3) is 5.57 Å². The fraction of sp³-hybridized carbons (Fsp3) is 0.280. The van der Waals surface area contributed by atoms with E-state index in [0.29, 0.717) is 0 Å². The van der Waals surface area contributed by atoms with E-state index >= 15 is 4.39 Å². The number of carboxylic acids is 1. The van der Waals surface area contributed by atoms with E-state index in [9.17, 15) is 14.7 Å². The van der Waals surface area contributed by atoms with Gasteiger partial charge in [-0.15, -0.1) is 0 Å². The van der Waals surface area contributed by atoms with Crippen molar-refractivity contribution in [2.24, 2.45) is 0 Å². The smallest absolute Gasteiger partial charge is 0.314 e. The molecule has 2 aliphatic rings. The van der Waals surface area contributed by atoms with E-state index in [1.54, 1.807) is 12.2 Å². The predicted molar refractivity (Wildman–Crippen MR) is 114 cm³/mol. The Morgan fingerprint density at radius 3 is 2.07 bits per heavy atom. The van der Waals surface area contributed by atoms with Crippen molar-refractivity contribution < 1.29 is 19.1 Å². The number of hydrogen-bond donors (Lipinski definition) is 1. The third-order valence-corrected chi connectivity index (χ3v) is 6.25. The van der Waals surface area contributed by atoms with Crippen LogP contribution in [0.2, 0.25) is 0 Å². The summed E-state index contributed by atoms with van der Waals surface area (Å²) in [5.74, 6) is -1.49. The zero-order valence-corrected chi connectivity index (χ0v) is 16.6. The summed E-state index contributed by atoms with van der Waals surface area (Å²) < 4.78 is 15.5. The molecule has 1 amide bonds. The molecular weight excluding hydrogens is 381 g/mol. The Morgan fingerprint density at radius 2 is 1.53 bits per heavy atom. The lowest BCUT2D eigenvalue weighted by molar-refractivity contribution is -0.150. The van der Waals surface area contributed by atoms with Gasteiger partial charge in [-0.05, 0) is 35.6 Å². The van der Waals surface area contributed by atoms with Crippen molar-refractivity contribution in [2.75, 3.05) is 13.1 Å². The summed E-state index contributed by atoms with van der Waals surface area (Å²) in [5.41, 5.74) is -0.523. The van der Waals surface area contributed by atoms with E-state index in [0.717, 1.165) is 16.7 Å². The van der Waals surface area contributed by atoms with Crippen LogP contribution in [0.4, 0.5) is 4.39 Å². The van der Waals surface area contributed by atoms with Gasteiger partial charge in [0.1, 0.15) is 0 Å². The van der Waals surface area contributed by atoms with Crippen LogP contribution in [0.15, 0.2) is 78.9 Å². The van der Waals surface area contributed by atoms with Crippen molar-refractivity contribution in [1.29, 1.82) is 0 Å². The summed E-state index contributed by atoms with van der Waals surface area (Å²) in [6.07, 6.45) is 5.26. The molecule has 0 spiro atoms. The van der Waals surface area contributed by atoms with Gasteiger partial charge in [-0.25, -0.2) is 4.39 Å². The lowest BCUT2D eigenvalue weighted by atomic mass is 9.72. The molecule has 2 aromatic rings. The number of carboxylic acid groups (broad SMARTS) is 1. The molecule has 1 saturated heterocycles. The van der Waals surface area contributed by atoms with Gasteiger partial charge in [0.2, 0.25) is 5.67 Å². The third-order valence-electron chi connectivity index (χ3n) is 6.25. The minimum absolute atomic E-state index is 0.0220. The van der Waals surface area contributed by atoms with Crippen LogP contribution in [0.3, 0.4) is 0 Å². The molecule has 4 rings (SSSR count). The van der Waals surface area contributed by atoms with Crippen molar-refractivity contribution in [3.63, 3.8) is 0 Å². The number of hydrogen-bond acceptors (Lipinski definition) is 2. The quantitative estimate of drug-likeness (QED) is 0.821. The van der Waals surface area contributed by atoms with Crippen LogP contribution < -0.4 is 0 Å². The lowest BCUT2D eigenvalue weighted by Crippen LogP contribution is -2.53. The molecule has 5 heteroatoms. The van der Waals surface area contributed by atoms with Gasteiger partial charge in [0.15, 0.2) is 0 Å². The number of alkyl halides is 1. The number of aliphatic carboxylic acids is 1. The van der Waals surface area contributed by atoms with Gasteiger partial charge in [0, 0.05) is 19.5 Å². The monoisotopic (exact) mass is 405 g/mol. The second kappa shape index (κ2) is 7.90. The highest BCUT2D eigenvalue weighted by Crippen LogP contribution is 2.38. The molecule has 4 nitrogen and oxygen atoms in total. The van der Waals surface area contributed by atoms with Gasteiger partial charge in [-0.2, -0.15) is 0 Å². The summed E-state index contributed by atoms with van der Waals surface area (Å²) in [4.78, 5) is 26.5. The summed E-state index contributed by atoms with van der Waals surface area (Å²) >= 11 is 0. The number of nitrogens with zero attached hydrogens (tertiary/aromatic N) is 1. The van der Waals surface area contributed by atoms with Crippen LogP contribution in [-0.4, -0.2) is 40.6 Å². The first kappa shape index (κ1) is 20.1. The second-order valence-corrected chi connectivity index (χ2v) is 7.97. The molecule has 154 valence electrons. The number of benzene rings is 2. The second-order valence-electron chi connectivity index (χ2n) is 7.97. The molecule has 0 radical (unpaired) electrons. The maximum atomic E-state index is 15.5. The Bertz CT molecular complexity index is 992. The van der Waals surface area contributed by atoms with E-state index in [4.69, 9.17) is 0 Å². The number of rotatable bonds is 4. The Labute approximate surface area is 175 Å². The Kier molecular flexibility index (Phi) is 5.29. The number of amides is 1. The first-order valence-corrected chi connectivity index (χ1v) is 10.2. The van der Waals surface area contributed by atoms with Gasteiger partial charge in [0.05, 0.1) is 5.41 Å². The Balaban J connectivity index is 1.46. The molecule has 1 fully saturated rings. The van der Waals surface area contributed by atoms with E-state index in [2.05, 4.69) is 0 Å².